The van der Waals surface area contributed by atoms with Crippen LogP contribution >= 0.6 is 11.6 Å². The predicted molar refractivity (Wildman–Crippen MR) is 109 cm³/mol. The van der Waals surface area contributed by atoms with Gasteiger partial charge in [-0.25, -0.2) is 4.98 Å². The molecule has 0 saturated carbocycles. The normalized spacial score (nSPS) is 16.2. The fourth-order valence-electron chi connectivity index (χ4n) is 3.83. The van der Waals surface area contributed by atoms with Gasteiger partial charge in [-0.15, -0.1) is 0 Å². The van der Waals surface area contributed by atoms with E-state index in [0.717, 1.165) is 31.5 Å². The Morgan fingerprint density at radius 1 is 1.30 bits per heavy atom. The number of piperidine rings is 1. The van der Waals surface area contributed by atoms with Crippen molar-refractivity contribution in [1.82, 2.24) is 10.3 Å². The first-order valence-corrected chi connectivity index (χ1v) is 9.67. The number of methoxy groups -OCH3 is 1. The van der Waals surface area contributed by atoms with Gasteiger partial charge in [0.1, 0.15) is 16.6 Å². The SMILES string of the molecule is COc1cc(Cl)ncc1NC(=O)C1(c2ccccc2C(C)C)CCNCC1. The first-order valence-electron chi connectivity index (χ1n) is 9.29. The number of nitrogens with zero attached hydrogens (tertiary/aromatic N) is 1. The quantitative estimate of drug-likeness (QED) is 0.757. The standard InChI is InChI=1S/C21H26ClN3O2/c1-14(2)15-6-4-5-7-16(15)21(8-10-23-11-9-21)20(26)25-17-13-24-19(22)12-18(17)27-3/h4-7,12-14,23H,8-11H2,1-3H3,(H,25,26). The van der Waals surface area contributed by atoms with Crippen LogP contribution in [0.5, 0.6) is 5.75 Å². The minimum absolute atomic E-state index is 0.0282. The Kier molecular flexibility index (Phi) is 6.02. The van der Waals surface area contributed by atoms with E-state index in [4.69, 9.17) is 16.3 Å². The zero-order valence-electron chi connectivity index (χ0n) is 16.0. The van der Waals surface area contributed by atoms with Gasteiger partial charge in [-0.2, -0.15) is 0 Å². The van der Waals surface area contributed by atoms with Crippen molar-refractivity contribution in [3.05, 3.63) is 52.8 Å². The zero-order valence-corrected chi connectivity index (χ0v) is 16.8. The molecular weight excluding hydrogens is 362 g/mol. The van der Waals surface area contributed by atoms with Crippen molar-refractivity contribution in [1.29, 1.82) is 0 Å². The van der Waals surface area contributed by atoms with Crippen molar-refractivity contribution in [2.75, 3.05) is 25.5 Å². The van der Waals surface area contributed by atoms with E-state index in [1.807, 2.05) is 12.1 Å². The van der Waals surface area contributed by atoms with Gasteiger partial charge in [-0.05, 0) is 43.0 Å². The Morgan fingerprint density at radius 3 is 2.67 bits per heavy atom. The minimum Gasteiger partial charge on any atom is -0.494 e. The molecule has 1 aliphatic heterocycles. The van der Waals surface area contributed by atoms with Gasteiger partial charge in [0.2, 0.25) is 5.91 Å². The monoisotopic (exact) mass is 387 g/mol. The van der Waals surface area contributed by atoms with Crippen molar-refractivity contribution in [2.24, 2.45) is 0 Å². The number of carbonyl (C=O) groups excluding carboxylic acids is 1. The Labute approximate surface area is 165 Å². The molecule has 1 fully saturated rings. The summed E-state index contributed by atoms with van der Waals surface area (Å²) < 4.78 is 5.36. The number of amides is 1. The summed E-state index contributed by atoms with van der Waals surface area (Å²) in [6.45, 7) is 5.93. The summed E-state index contributed by atoms with van der Waals surface area (Å²) in [6, 6.07) is 9.88. The van der Waals surface area contributed by atoms with Crippen LogP contribution < -0.4 is 15.4 Å². The molecule has 2 heterocycles. The molecule has 6 heteroatoms. The van der Waals surface area contributed by atoms with Gasteiger partial charge in [0, 0.05) is 6.07 Å². The van der Waals surface area contributed by atoms with Crippen molar-refractivity contribution < 1.29 is 9.53 Å². The predicted octanol–water partition coefficient (Wildman–Crippen LogP) is 4.13. The lowest BCUT2D eigenvalue weighted by Gasteiger charge is -2.38. The Hall–Kier alpha value is -2.11. The number of anilines is 1. The first kappa shape index (κ1) is 19.6. The van der Waals surface area contributed by atoms with Gasteiger partial charge in [-0.3, -0.25) is 4.79 Å². The molecule has 27 heavy (non-hydrogen) atoms. The number of hydrogen-bond acceptors (Lipinski definition) is 4. The van der Waals surface area contributed by atoms with Crippen molar-refractivity contribution in [2.45, 2.75) is 38.0 Å². The van der Waals surface area contributed by atoms with E-state index >= 15 is 0 Å². The van der Waals surface area contributed by atoms with E-state index in [9.17, 15) is 4.79 Å². The van der Waals surface area contributed by atoms with Crippen molar-refractivity contribution >= 4 is 23.2 Å². The Balaban J connectivity index is 2.02. The van der Waals surface area contributed by atoms with E-state index in [2.05, 4.69) is 41.6 Å². The zero-order chi connectivity index (χ0) is 19.4. The maximum Gasteiger partial charge on any atom is 0.235 e. The molecule has 1 aliphatic rings. The maximum absolute atomic E-state index is 13.6. The van der Waals surface area contributed by atoms with Crippen LogP contribution in [0.15, 0.2) is 36.5 Å². The number of carbonyl (C=O) groups is 1. The number of pyridine rings is 1. The molecule has 0 unspecified atom stereocenters. The second-order valence-corrected chi connectivity index (χ2v) is 7.62. The molecule has 1 aromatic carbocycles. The number of nitrogens with one attached hydrogen (secondary N) is 2. The van der Waals surface area contributed by atoms with Gasteiger partial charge in [0.25, 0.3) is 0 Å². The lowest BCUT2D eigenvalue weighted by molar-refractivity contribution is -0.122. The summed E-state index contributed by atoms with van der Waals surface area (Å²) in [5, 5.41) is 6.75. The van der Waals surface area contributed by atoms with Crippen LogP contribution in [0, 0.1) is 0 Å². The summed E-state index contributed by atoms with van der Waals surface area (Å²) in [7, 11) is 1.55. The van der Waals surface area contributed by atoms with E-state index in [0.29, 0.717) is 22.5 Å². The molecular formula is C21H26ClN3O2. The van der Waals surface area contributed by atoms with Gasteiger partial charge in [0.15, 0.2) is 0 Å². The fraction of sp³-hybridized carbons (Fsp3) is 0.429. The van der Waals surface area contributed by atoms with Gasteiger partial charge in [0.05, 0.1) is 18.7 Å². The van der Waals surface area contributed by atoms with Gasteiger partial charge >= 0.3 is 0 Å². The highest BCUT2D eigenvalue weighted by Gasteiger charge is 2.43. The van der Waals surface area contributed by atoms with Gasteiger partial charge < -0.3 is 15.4 Å². The van der Waals surface area contributed by atoms with E-state index in [-0.39, 0.29) is 5.91 Å². The molecule has 1 amide bonds. The van der Waals surface area contributed by atoms with Crippen LogP contribution in [-0.4, -0.2) is 31.1 Å². The highest BCUT2D eigenvalue weighted by atomic mass is 35.5. The molecule has 5 nitrogen and oxygen atoms in total. The number of aromatic nitrogens is 1. The third kappa shape index (κ3) is 3.94. The lowest BCUT2D eigenvalue weighted by atomic mass is 9.69. The molecule has 0 atom stereocenters. The highest BCUT2D eigenvalue weighted by molar-refractivity contribution is 6.29. The van der Waals surface area contributed by atoms with Crippen LogP contribution in [0.1, 0.15) is 43.7 Å². The molecule has 0 aliphatic carbocycles. The van der Waals surface area contributed by atoms with Crippen LogP contribution in [0.3, 0.4) is 0 Å². The van der Waals surface area contributed by atoms with E-state index in [1.165, 1.54) is 5.56 Å². The number of rotatable bonds is 5. The second-order valence-electron chi connectivity index (χ2n) is 7.24. The average Bonchev–Trinajstić information content (AvgIpc) is 2.69. The smallest absolute Gasteiger partial charge is 0.235 e. The molecule has 1 aromatic heterocycles. The van der Waals surface area contributed by atoms with Gasteiger partial charge in [-0.1, -0.05) is 49.7 Å². The van der Waals surface area contributed by atoms with E-state index < -0.39 is 5.41 Å². The highest BCUT2D eigenvalue weighted by Crippen LogP contribution is 2.39. The molecule has 0 bridgehead atoms. The Bertz CT molecular complexity index is 817. The third-order valence-corrected chi connectivity index (χ3v) is 5.50. The lowest BCUT2D eigenvalue weighted by Crippen LogP contribution is -2.48. The van der Waals surface area contributed by atoms with Crippen LogP contribution in [0.2, 0.25) is 5.15 Å². The average molecular weight is 388 g/mol. The molecule has 2 aromatic rings. The van der Waals surface area contributed by atoms with Crippen LogP contribution in [0.25, 0.3) is 0 Å². The maximum atomic E-state index is 13.6. The number of halogens is 1. The van der Waals surface area contributed by atoms with Crippen LogP contribution in [-0.2, 0) is 10.2 Å². The summed E-state index contributed by atoms with van der Waals surface area (Å²) >= 11 is 5.95. The molecule has 0 spiro atoms. The molecule has 3 rings (SSSR count). The summed E-state index contributed by atoms with van der Waals surface area (Å²) in [5.41, 5.74) is 2.28. The summed E-state index contributed by atoms with van der Waals surface area (Å²) in [6.07, 6.45) is 3.03. The molecule has 2 N–H and O–H groups in total. The molecule has 0 radical (unpaired) electrons. The molecule has 1 saturated heterocycles. The Morgan fingerprint density at radius 2 is 2.00 bits per heavy atom. The number of ether oxygens (including phenoxy) is 1. The first-order chi connectivity index (χ1) is 13.0. The number of benzene rings is 1. The topological polar surface area (TPSA) is 63.2 Å². The largest absolute Gasteiger partial charge is 0.494 e. The van der Waals surface area contributed by atoms with Crippen molar-refractivity contribution in [3.63, 3.8) is 0 Å². The summed E-state index contributed by atoms with van der Waals surface area (Å²) in [5.74, 6) is 0.816. The van der Waals surface area contributed by atoms with Crippen molar-refractivity contribution in [3.8, 4) is 5.75 Å². The minimum atomic E-state index is -0.587. The fourth-order valence-corrected chi connectivity index (χ4v) is 3.97. The molecule has 144 valence electrons. The third-order valence-electron chi connectivity index (χ3n) is 5.29. The van der Waals surface area contributed by atoms with E-state index in [1.54, 1.807) is 19.4 Å². The second kappa shape index (κ2) is 8.28. The van der Waals surface area contributed by atoms with Crippen LogP contribution in [0.4, 0.5) is 5.69 Å². The summed E-state index contributed by atoms with van der Waals surface area (Å²) in [4.78, 5) is 17.6. The number of hydrogen-bond donors (Lipinski definition) is 2.